The Labute approximate surface area is 127 Å². The maximum absolute atomic E-state index is 6.04. The van der Waals surface area contributed by atoms with E-state index in [4.69, 9.17) is 15.2 Å². The van der Waals surface area contributed by atoms with Gasteiger partial charge in [0, 0.05) is 16.6 Å². The van der Waals surface area contributed by atoms with Crippen LogP contribution < -0.4 is 20.5 Å². The number of nitrogens with one attached hydrogen (secondary N) is 1. The third-order valence-corrected chi connectivity index (χ3v) is 3.64. The van der Waals surface area contributed by atoms with E-state index in [2.05, 4.69) is 21.2 Å². The first-order valence-electron chi connectivity index (χ1n) is 6.10. The minimum Gasteiger partial charge on any atom is -0.493 e. The van der Waals surface area contributed by atoms with Crippen molar-refractivity contribution in [2.45, 2.75) is 6.92 Å². The molecule has 0 saturated heterocycles. The summed E-state index contributed by atoms with van der Waals surface area (Å²) in [5, 5.41) is 3.30. The van der Waals surface area contributed by atoms with Crippen LogP contribution >= 0.6 is 15.9 Å². The summed E-state index contributed by atoms with van der Waals surface area (Å²) >= 11 is 3.52. The van der Waals surface area contributed by atoms with Crippen LogP contribution in [0.5, 0.6) is 11.5 Å². The highest BCUT2D eigenvalue weighted by Crippen LogP contribution is 2.37. The van der Waals surface area contributed by atoms with Gasteiger partial charge in [0.25, 0.3) is 0 Å². The quantitative estimate of drug-likeness (QED) is 0.825. The first-order chi connectivity index (χ1) is 9.55. The highest BCUT2D eigenvalue weighted by atomic mass is 79.9. The number of ether oxygens (including phenoxy) is 2. The van der Waals surface area contributed by atoms with E-state index in [1.54, 1.807) is 20.3 Å². The van der Waals surface area contributed by atoms with Gasteiger partial charge < -0.3 is 20.5 Å². The molecule has 0 aliphatic rings. The summed E-state index contributed by atoms with van der Waals surface area (Å²) in [5.41, 5.74) is 9.52. The van der Waals surface area contributed by atoms with Gasteiger partial charge in [0.15, 0.2) is 11.5 Å². The third kappa shape index (κ3) is 2.99. The Morgan fingerprint density at radius 3 is 2.30 bits per heavy atom. The summed E-state index contributed by atoms with van der Waals surface area (Å²) in [5.74, 6) is 1.24. The van der Waals surface area contributed by atoms with Crippen molar-refractivity contribution in [3.8, 4) is 11.5 Å². The fourth-order valence-electron chi connectivity index (χ4n) is 1.88. The molecule has 4 nitrogen and oxygen atoms in total. The molecule has 20 heavy (non-hydrogen) atoms. The molecule has 2 aromatic carbocycles. The molecule has 5 heteroatoms. The number of halogens is 1. The molecule has 0 saturated carbocycles. The minimum absolute atomic E-state index is 0.594. The van der Waals surface area contributed by atoms with E-state index in [1.165, 1.54) is 0 Å². The largest absolute Gasteiger partial charge is 0.493 e. The van der Waals surface area contributed by atoms with E-state index >= 15 is 0 Å². The second-order valence-corrected chi connectivity index (χ2v) is 5.26. The molecule has 0 heterocycles. The lowest BCUT2D eigenvalue weighted by Crippen LogP contribution is -2.00. The Hall–Kier alpha value is -1.88. The zero-order valence-corrected chi connectivity index (χ0v) is 13.2. The molecule has 0 bridgehead atoms. The van der Waals surface area contributed by atoms with Gasteiger partial charge >= 0.3 is 0 Å². The summed E-state index contributed by atoms with van der Waals surface area (Å²) in [7, 11) is 3.18. The van der Waals surface area contributed by atoms with Crippen LogP contribution in [0, 0.1) is 6.92 Å². The molecular weight excluding hydrogens is 320 g/mol. The molecule has 0 amide bonds. The molecule has 2 rings (SSSR count). The number of aryl methyl sites for hydroxylation is 1. The Balaban J connectivity index is 2.40. The lowest BCUT2D eigenvalue weighted by atomic mass is 10.2. The molecule has 0 fully saturated rings. The number of benzene rings is 2. The summed E-state index contributed by atoms with van der Waals surface area (Å²) in [4.78, 5) is 0. The predicted octanol–water partition coefficient (Wildman–Crippen LogP) is 4.10. The highest BCUT2D eigenvalue weighted by molar-refractivity contribution is 9.10. The average molecular weight is 337 g/mol. The molecule has 0 unspecified atom stereocenters. The van der Waals surface area contributed by atoms with Gasteiger partial charge in [0.1, 0.15) is 0 Å². The van der Waals surface area contributed by atoms with Crippen molar-refractivity contribution in [3.05, 3.63) is 40.4 Å². The second kappa shape index (κ2) is 6.05. The number of methoxy groups -OCH3 is 2. The Morgan fingerprint density at radius 2 is 1.65 bits per heavy atom. The van der Waals surface area contributed by atoms with Crippen LogP contribution in [0.3, 0.4) is 0 Å². The smallest absolute Gasteiger partial charge is 0.162 e. The SMILES string of the molecule is COc1cc(N)c(Nc2cc(C)ccc2Br)cc1OC. The van der Waals surface area contributed by atoms with E-state index in [1.807, 2.05) is 31.2 Å². The van der Waals surface area contributed by atoms with Gasteiger partial charge in [-0.15, -0.1) is 0 Å². The first-order valence-corrected chi connectivity index (χ1v) is 6.89. The van der Waals surface area contributed by atoms with Crippen molar-refractivity contribution in [1.29, 1.82) is 0 Å². The molecule has 0 aromatic heterocycles. The topological polar surface area (TPSA) is 56.5 Å². The van der Waals surface area contributed by atoms with Crippen LogP contribution in [0.15, 0.2) is 34.8 Å². The van der Waals surface area contributed by atoms with Crippen molar-refractivity contribution in [1.82, 2.24) is 0 Å². The van der Waals surface area contributed by atoms with Crippen molar-refractivity contribution in [2.24, 2.45) is 0 Å². The van der Waals surface area contributed by atoms with E-state index < -0.39 is 0 Å². The minimum atomic E-state index is 0.594. The molecule has 0 atom stereocenters. The lowest BCUT2D eigenvalue weighted by Gasteiger charge is -2.15. The lowest BCUT2D eigenvalue weighted by molar-refractivity contribution is 0.355. The van der Waals surface area contributed by atoms with E-state index in [0.717, 1.165) is 21.4 Å². The summed E-state index contributed by atoms with van der Waals surface area (Å²) < 4.78 is 11.5. The molecule has 0 spiro atoms. The molecule has 0 aliphatic heterocycles. The van der Waals surface area contributed by atoms with Crippen molar-refractivity contribution in [2.75, 3.05) is 25.3 Å². The number of anilines is 3. The van der Waals surface area contributed by atoms with Crippen LogP contribution in [0.25, 0.3) is 0 Å². The van der Waals surface area contributed by atoms with Gasteiger partial charge in [-0.25, -0.2) is 0 Å². The van der Waals surface area contributed by atoms with Crippen LogP contribution in [0.4, 0.5) is 17.1 Å². The van der Waals surface area contributed by atoms with Gasteiger partial charge in [-0.3, -0.25) is 0 Å². The summed E-state index contributed by atoms with van der Waals surface area (Å²) in [6.45, 7) is 2.04. The number of hydrogen-bond donors (Lipinski definition) is 2. The normalized spacial score (nSPS) is 10.2. The van der Waals surface area contributed by atoms with Gasteiger partial charge in [-0.1, -0.05) is 6.07 Å². The monoisotopic (exact) mass is 336 g/mol. The molecule has 106 valence electrons. The third-order valence-electron chi connectivity index (χ3n) is 2.95. The fraction of sp³-hybridized carbons (Fsp3) is 0.200. The maximum atomic E-state index is 6.04. The number of hydrogen-bond acceptors (Lipinski definition) is 4. The fourth-order valence-corrected chi connectivity index (χ4v) is 2.23. The maximum Gasteiger partial charge on any atom is 0.162 e. The van der Waals surface area contributed by atoms with Crippen LogP contribution in [-0.4, -0.2) is 14.2 Å². The van der Waals surface area contributed by atoms with Gasteiger partial charge in [0.2, 0.25) is 0 Å². The summed E-state index contributed by atoms with van der Waals surface area (Å²) in [6, 6.07) is 9.63. The Kier molecular flexibility index (Phi) is 4.39. The predicted molar refractivity (Wildman–Crippen MR) is 86.1 cm³/mol. The number of nitrogens with two attached hydrogens (primary N) is 1. The van der Waals surface area contributed by atoms with E-state index in [0.29, 0.717) is 17.2 Å². The highest BCUT2D eigenvalue weighted by Gasteiger charge is 2.10. The Morgan fingerprint density at radius 1 is 1.00 bits per heavy atom. The van der Waals surface area contributed by atoms with Crippen molar-refractivity contribution in [3.63, 3.8) is 0 Å². The zero-order chi connectivity index (χ0) is 14.7. The molecule has 0 radical (unpaired) electrons. The zero-order valence-electron chi connectivity index (χ0n) is 11.7. The van der Waals surface area contributed by atoms with Crippen LogP contribution in [-0.2, 0) is 0 Å². The molecule has 0 aliphatic carbocycles. The van der Waals surface area contributed by atoms with Crippen molar-refractivity contribution >= 4 is 33.0 Å². The molecule has 3 N–H and O–H groups in total. The van der Waals surface area contributed by atoms with E-state index in [-0.39, 0.29) is 0 Å². The van der Waals surface area contributed by atoms with Gasteiger partial charge in [-0.05, 0) is 40.5 Å². The molecular formula is C15H17BrN2O2. The average Bonchev–Trinajstić information content (AvgIpc) is 2.44. The van der Waals surface area contributed by atoms with Gasteiger partial charge in [-0.2, -0.15) is 0 Å². The second-order valence-electron chi connectivity index (χ2n) is 4.40. The standard InChI is InChI=1S/C15H17BrN2O2/c1-9-4-5-10(16)12(6-9)18-13-8-15(20-3)14(19-2)7-11(13)17/h4-8,18H,17H2,1-3H3. The first kappa shape index (κ1) is 14.5. The summed E-state index contributed by atoms with van der Waals surface area (Å²) in [6.07, 6.45) is 0. The van der Waals surface area contributed by atoms with Crippen molar-refractivity contribution < 1.29 is 9.47 Å². The Bertz CT molecular complexity index is 630. The van der Waals surface area contributed by atoms with E-state index in [9.17, 15) is 0 Å². The van der Waals surface area contributed by atoms with Crippen LogP contribution in [0.2, 0.25) is 0 Å². The van der Waals surface area contributed by atoms with Crippen LogP contribution in [0.1, 0.15) is 5.56 Å². The molecule has 2 aromatic rings. The number of nitrogen functional groups attached to an aromatic ring is 1. The number of rotatable bonds is 4. The van der Waals surface area contributed by atoms with Gasteiger partial charge in [0.05, 0.1) is 31.3 Å².